The summed E-state index contributed by atoms with van der Waals surface area (Å²) in [7, 11) is 1.78. The average molecular weight is 232 g/mol. The van der Waals surface area contributed by atoms with Crippen molar-refractivity contribution >= 4 is 17.5 Å². The van der Waals surface area contributed by atoms with E-state index in [2.05, 4.69) is 11.4 Å². The molecule has 4 heteroatoms. The molecule has 1 aromatic rings. The molecule has 4 nitrogen and oxygen atoms in total. The van der Waals surface area contributed by atoms with Crippen molar-refractivity contribution in [2.75, 3.05) is 12.4 Å². The summed E-state index contributed by atoms with van der Waals surface area (Å²) in [5.74, 6) is 0.127. The zero-order chi connectivity index (χ0) is 12.4. The van der Waals surface area contributed by atoms with Gasteiger partial charge in [0.25, 0.3) is 0 Å². The fraction of sp³-hybridized carbons (Fsp3) is 0.385. The smallest absolute Gasteiger partial charge is 0.224 e. The third kappa shape index (κ3) is 2.64. The van der Waals surface area contributed by atoms with Crippen LogP contribution < -0.4 is 5.32 Å². The molecular formula is C13H16N2O2. The molecule has 90 valence electrons. The number of aryl methyl sites for hydroxylation is 1. The van der Waals surface area contributed by atoms with Gasteiger partial charge in [0.1, 0.15) is 0 Å². The Labute approximate surface area is 101 Å². The minimum Gasteiger partial charge on any atom is -0.342 e. The summed E-state index contributed by atoms with van der Waals surface area (Å²) in [6, 6.07) is 5.92. The molecule has 1 aliphatic heterocycles. The monoisotopic (exact) mass is 232 g/mol. The molecule has 0 aliphatic carbocycles. The number of amides is 2. The fourth-order valence-electron chi connectivity index (χ4n) is 1.92. The molecule has 0 aromatic heterocycles. The minimum atomic E-state index is 0.0519. The third-order valence-corrected chi connectivity index (χ3v) is 3.02. The lowest BCUT2D eigenvalue weighted by Gasteiger charge is -2.19. The van der Waals surface area contributed by atoms with Crippen LogP contribution in [0.5, 0.6) is 0 Å². The van der Waals surface area contributed by atoms with Crippen molar-refractivity contribution in [2.45, 2.75) is 26.3 Å². The van der Waals surface area contributed by atoms with E-state index in [1.165, 1.54) is 0 Å². The van der Waals surface area contributed by atoms with Gasteiger partial charge in [-0.15, -0.1) is 0 Å². The van der Waals surface area contributed by atoms with Gasteiger partial charge in [-0.3, -0.25) is 9.59 Å². The average Bonchev–Trinajstić information content (AvgIpc) is 2.29. The normalized spacial score (nSPS) is 13.9. The Morgan fingerprint density at radius 3 is 2.88 bits per heavy atom. The van der Waals surface area contributed by atoms with Crippen LogP contribution >= 0.6 is 0 Å². The summed E-state index contributed by atoms with van der Waals surface area (Å²) >= 11 is 0. The first-order valence-electron chi connectivity index (χ1n) is 5.69. The predicted molar refractivity (Wildman–Crippen MR) is 65.5 cm³/mol. The SMILES string of the molecule is CC(=O)N(C)Cc1ccc2c(c1)CCC(=O)N2. The standard InChI is InChI=1S/C13H16N2O2/c1-9(16)15(2)8-10-3-5-12-11(7-10)4-6-13(17)14-12/h3,5,7H,4,6,8H2,1-2H3,(H,14,17). The molecule has 0 unspecified atom stereocenters. The summed E-state index contributed by atoms with van der Waals surface area (Å²) in [5, 5.41) is 2.84. The van der Waals surface area contributed by atoms with E-state index < -0.39 is 0 Å². The summed E-state index contributed by atoms with van der Waals surface area (Å²) in [6.45, 7) is 2.16. The zero-order valence-electron chi connectivity index (χ0n) is 10.1. The second-order valence-electron chi connectivity index (χ2n) is 4.41. The van der Waals surface area contributed by atoms with Crippen molar-refractivity contribution in [1.82, 2.24) is 4.90 Å². The number of nitrogens with zero attached hydrogens (tertiary/aromatic N) is 1. The second-order valence-corrected chi connectivity index (χ2v) is 4.41. The second kappa shape index (κ2) is 4.57. The van der Waals surface area contributed by atoms with Crippen LogP contribution in [0.3, 0.4) is 0 Å². The highest BCUT2D eigenvalue weighted by Crippen LogP contribution is 2.23. The molecule has 0 fully saturated rings. The van der Waals surface area contributed by atoms with Gasteiger partial charge in [-0.05, 0) is 23.6 Å². The Hall–Kier alpha value is -1.84. The molecule has 1 aliphatic rings. The molecule has 1 heterocycles. The van der Waals surface area contributed by atoms with Crippen molar-refractivity contribution in [1.29, 1.82) is 0 Å². The van der Waals surface area contributed by atoms with Crippen molar-refractivity contribution < 1.29 is 9.59 Å². The van der Waals surface area contributed by atoms with Gasteiger partial charge in [-0.2, -0.15) is 0 Å². The molecule has 2 amide bonds. The molecule has 17 heavy (non-hydrogen) atoms. The van der Waals surface area contributed by atoms with Crippen LogP contribution in [0.2, 0.25) is 0 Å². The Morgan fingerprint density at radius 2 is 2.18 bits per heavy atom. The summed E-state index contributed by atoms with van der Waals surface area (Å²) in [6.07, 6.45) is 1.32. The number of carbonyl (C=O) groups excluding carboxylic acids is 2. The lowest BCUT2D eigenvalue weighted by molar-refractivity contribution is -0.128. The lowest BCUT2D eigenvalue weighted by Crippen LogP contribution is -2.23. The highest BCUT2D eigenvalue weighted by Gasteiger charge is 2.15. The van der Waals surface area contributed by atoms with E-state index in [9.17, 15) is 9.59 Å². The first-order valence-corrected chi connectivity index (χ1v) is 5.69. The number of nitrogens with one attached hydrogen (secondary N) is 1. The van der Waals surface area contributed by atoms with Gasteiger partial charge in [0.05, 0.1) is 0 Å². The van der Waals surface area contributed by atoms with Crippen LogP contribution in [0, 0.1) is 0 Å². The van der Waals surface area contributed by atoms with E-state index in [1.807, 2.05) is 12.1 Å². The van der Waals surface area contributed by atoms with E-state index in [4.69, 9.17) is 0 Å². The highest BCUT2D eigenvalue weighted by atomic mass is 16.2. The molecule has 0 bridgehead atoms. The predicted octanol–water partition coefficient (Wildman–Crippen LogP) is 1.55. The molecule has 0 radical (unpaired) electrons. The van der Waals surface area contributed by atoms with Gasteiger partial charge in [-0.1, -0.05) is 12.1 Å². The van der Waals surface area contributed by atoms with Crippen LogP contribution in [-0.2, 0) is 22.6 Å². The largest absolute Gasteiger partial charge is 0.342 e. The first kappa shape index (κ1) is 11.6. The number of hydrogen-bond donors (Lipinski definition) is 1. The topological polar surface area (TPSA) is 49.4 Å². The minimum absolute atomic E-state index is 0.0519. The van der Waals surface area contributed by atoms with Gasteiger partial charge in [-0.25, -0.2) is 0 Å². The molecular weight excluding hydrogens is 216 g/mol. The molecule has 0 atom stereocenters. The summed E-state index contributed by atoms with van der Waals surface area (Å²) in [5.41, 5.74) is 3.15. The number of fused-ring (bicyclic) bond motifs is 1. The fourth-order valence-corrected chi connectivity index (χ4v) is 1.92. The van der Waals surface area contributed by atoms with E-state index in [1.54, 1.807) is 18.9 Å². The zero-order valence-corrected chi connectivity index (χ0v) is 10.1. The van der Waals surface area contributed by atoms with Crippen LogP contribution in [0.15, 0.2) is 18.2 Å². The lowest BCUT2D eigenvalue weighted by atomic mass is 10.0. The van der Waals surface area contributed by atoms with E-state index in [0.29, 0.717) is 13.0 Å². The van der Waals surface area contributed by atoms with E-state index in [-0.39, 0.29) is 11.8 Å². The van der Waals surface area contributed by atoms with Crippen LogP contribution in [0.4, 0.5) is 5.69 Å². The van der Waals surface area contributed by atoms with Gasteiger partial charge in [0.2, 0.25) is 11.8 Å². The quantitative estimate of drug-likeness (QED) is 0.841. The van der Waals surface area contributed by atoms with Crippen molar-refractivity contribution in [2.24, 2.45) is 0 Å². The number of benzene rings is 1. The maximum atomic E-state index is 11.2. The van der Waals surface area contributed by atoms with Crippen LogP contribution in [0.25, 0.3) is 0 Å². The van der Waals surface area contributed by atoms with Crippen molar-refractivity contribution in [3.63, 3.8) is 0 Å². The highest BCUT2D eigenvalue weighted by molar-refractivity contribution is 5.93. The van der Waals surface area contributed by atoms with Gasteiger partial charge in [0.15, 0.2) is 0 Å². The number of rotatable bonds is 2. The molecule has 0 saturated carbocycles. The molecule has 1 N–H and O–H groups in total. The number of hydrogen-bond acceptors (Lipinski definition) is 2. The van der Waals surface area contributed by atoms with Gasteiger partial charge in [0, 0.05) is 32.6 Å². The molecule has 2 rings (SSSR count). The van der Waals surface area contributed by atoms with E-state index in [0.717, 1.165) is 23.2 Å². The van der Waals surface area contributed by atoms with Crippen molar-refractivity contribution in [3.05, 3.63) is 29.3 Å². The molecule has 1 aromatic carbocycles. The number of carbonyl (C=O) groups is 2. The van der Waals surface area contributed by atoms with Crippen LogP contribution in [-0.4, -0.2) is 23.8 Å². The third-order valence-electron chi connectivity index (χ3n) is 3.02. The Balaban J connectivity index is 2.16. The molecule has 0 spiro atoms. The Kier molecular flexibility index (Phi) is 3.13. The van der Waals surface area contributed by atoms with Gasteiger partial charge >= 0.3 is 0 Å². The number of anilines is 1. The maximum absolute atomic E-state index is 11.2. The van der Waals surface area contributed by atoms with Crippen molar-refractivity contribution in [3.8, 4) is 0 Å². The Bertz CT molecular complexity index is 468. The molecule has 0 saturated heterocycles. The summed E-state index contributed by atoms with van der Waals surface area (Å²) < 4.78 is 0. The Morgan fingerprint density at radius 1 is 1.41 bits per heavy atom. The summed E-state index contributed by atoms with van der Waals surface area (Å²) in [4.78, 5) is 24.0. The maximum Gasteiger partial charge on any atom is 0.224 e. The van der Waals surface area contributed by atoms with Gasteiger partial charge < -0.3 is 10.2 Å². The first-order chi connectivity index (χ1) is 8.06. The van der Waals surface area contributed by atoms with E-state index >= 15 is 0 Å². The van der Waals surface area contributed by atoms with Crippen LogP contribution in [0.1, 0.15) is 24.5 Å².